The number of ether oxygens (including phenoxy) is 2. The number of benzene rings is 1. The predicted molar refractivity (Wildman–Crippen MR) is 129 cm³/mol. The minimum absolute atomic E-state index is 0.151. The quantitative estimate of drug-likeness (QED) is 0.378. The normalized spacial score (nSPS) is 12.0. The van der Waals surface area contributed by atoms with E-state index >= 15 is 0 Å². The average Bonchev–Trinajstić information content (AvgIpc) is 3.44. The maximum Gasteiger partial charge on any atom is 0.291 e. The monoisotopic (exact) mass is 498 g/mol. The third kappa shape index (κ3) is 5.81. The minimum Gasteiger partial charge on any atom is -0.493 e. The van der Waals surface area contributed by atoms with Gasteiger partial charge in [-0.1, -0.05) is 6.07 Å². The Morgan fingerprint density at radius 3 is 2.63 bits per heavy atom. The van der Waals surface area contributed by atoms with Crippen LogP contribution in [0.4, 0.5) is 5.69 Å². The summed E-state index contributed by atoms with van der Waals surface area (Å²) in [6.45, 7) is 5.31. The third-order valence-electron chi connectivity index (χ3n) is 4.72. The van der Waals surface area contributed by atoms with Crippen LogP contribution in [0.3, 0.4) is 0 Å². The standard InChI is InChI=1S/C24H26N4O6S/c1-24(2,3)27-35(30,31)22-11-10-19(34-22)23(29)26-16-8-9-18(32-4)20(13-16)33-15-17-14-28-12-6-5-7-21(28)25-17/h5-14,27H,15H2,1-4H3,(H,26,29). The van der Waals surface area contributed by atoms with Crippen molar-refractivity contribution in [2.45, 2.75) is 38.0 Å². The molecule has 0 aliphatic heterocycles. The highest BCUT2D eigenvalue weighted by molar-refractivity contribution is 7.89. The Morgan fingerprint density at radius 1 is 1.11 bits per heavy atom. The van der Waals surface area contributed by atoms with Gasteiger partial charge in [-0.15, -0.1) is 0 Å². The van der Waals surface area contributed by atoms with Gasteiger partial charge in [0.15, 0.2) is 17.3 Å². The first-order valence-electron chi connectivity index (χ1n) is 10.7. The van der Waals surface area contributed by atoms with E-state index in [4.69, 9.17) is 13.9 Å². The number of carbonyl (C=O) groups is 1. The van der Waals surface area contributed by atoms with Crippen LogP contribution in [0.5, 0.6) is 11.5 Å². The molecule has 3 aromatic heterocycles. The van der Waals surface area contributed by atoms with Gasteiger partial charge < -0.3 is 23.6 Å². The molecule has 1 amide bonds. The molecule has 2 N–H and O–H groups in total. The fourth-order valence-corrected chi connectivity index (χ4v) is 4.66. The number of anilines is 1. The lowest BCUT2D eigenvalue weighted by Crippen LogP contribution is -2.40. The lowest BCUT2D eigenvalue weighted by atomic mass is 10.1. The summed E-state index contributed by atoms with van der Waals surface area (Å²) >= 11 is 0. The third-order valence-corrected chi connectivity index (χ3v) is 6.35. The molecular weight excluding hydrogens is 472 g/mol. The van der Waals surface area contributed by atoms with Crippen LogP contribution in [0.1, 0.15) is 37.0 Å². The SMILES string of the molecule is COc1ccc(NC(=O)c2ccc(S(=O)(=O)NC(C)(C)C)o2)cc1OCc1cn2ccccc2n1. The lowest BCUT2D eigenvalue weighted by molar-refractivity contribution is 0.0991. The van der Waals surface area contributed by atoms with Crippen molar-refractivity contribution in [2.24, 2.45) is 0 Å². The molecule has 0 aliphatic carbocycles. The van der Waals surface area contributed by atoms with Crippen LogP contribution in [-0.2, 0) is 16.6 Å². The summed E-state index contributed by atoms with van der Waals surface area (Å²) in [4.78, 5) is 17.2. The number of aromatic nitrogens is 2. The van der Waals surface area contributed by atoms with Gasteiger partial charge in [-0.05, 0) is 57.2 Å². The highest BCUT2D eigenvalue weighted by Gasteiger charge is 2.26. The number of methoxy groups -OCH3 is 1. The number of pyridine rings is 1. The molecule has 0 aliphatic rings. The number of carbonyl (C=O) groups excluding carboxylic acids is 1. The van der Waals surface area contributed by atoms with Crippen molar-refractivity contribution < 1.29 is 27.1 Å². The Labute approximate surface area is 202 Å². The molecule has 0 saturated heterocycles. The van der Waals surface area contributed by atoms with E-state index < -0.39 is 21.5 Å². The molecule has 0 bridgehead atoms. The first kappa shape index (κ1) is 24.3. The smallest absolute Gasteiger partial charge is 0.291 e. The number of hydrogen-bond donors (Lipinski definition) is 2. The molecule has 0 radical (unpaired) electrons. The van der Waals surface area contributed by atoms with Gasteiger partial charge in [0, 0.05) is 29.7 Å². The number of nitrogens with zero attached hydrogens (tertiary/aromatic N) is 2. The van der Waals surface area contributed by atoms with Crippen molar-refractivity contribution in [3.05, 3.63) is 72.4 Å². The maximum atomic E-state index is 12.7. The first-order valence-corrected chi connectivity index (χ1v) is 12.2. The molecule has 0 atom stereocenters. The fourth-order valence-electron chi connectivity index (χ4n) is 3.31. The van der Waals surface area contributed by atoms with Crippen molar-refractivity contribution in [1.29, 1.82) is 0 Å². The van der Waals surface area contributed by atoms with Crippen LogP contribution in [-0.4, -0.2) is 36.4 Å². The zero-order valence-electron chi connectivity index (χ0n) is 19.7. The Kier molecular flexibility index (Phi) is 6.55. The number of fused-ring (bicyclic) bond motifs is 1. The van der Waals surface area contributed by atoms with Crippen LogP contribution >= 0.6 is 0 Å². The first-order chi connectivity index (χ1) is 16.5. The summed E-state index contributed by atoms with van der Waals surface area (Å²) in [5.74, 6) is 0.117. The van der Waals surface area contributed by atoms with Crippen LogP contribution < -0.4 is 19.5 Å². The molecule has 4 aromatic rings. The Morgan fingerprint density at radius 2 is 1.91 bits per heavy atom. The van der Waals surface area contributed by atoms with Crippen molar-refractivity contribution >= 4 is 27.3 Å². The zero-order chi connectivity index (χ0) is 25.2. The molecule has 3 heterocycles. The van der Waals surface area contributed by atoms with Gasteiger partial charge in [-0.2, -0.15) is 0 Å². The Bertz CT molecular complexity index is 1430. The van der Waals surface area contributed by atoms with Gasteiger partial charge in [-0.3, -0.25) is 4.79 Å². The van der Waals surface area contributed by atoms with E-state index in [1.165, 1.54) is 19.2 Å². The lowest BCUT2D eigenvalue weighted by Gasteiger charge is -2.18. The Balaban J connectivity index is 1.47. The molecule has 1 aromatic carbocycles. The van der Waals surface area contributed by atoms with Crippen LogP contribution in [0.2, 0.25) is 0 Å². The van der Waals surface area contributed by atoms with Gasteiger partial charge >= 0.3 is 0 Å². The van der Waals surface area contributed by atoms with Gasteiger partial charge in [0.25, 0.3) is 15.9 Å². The molecule has 0 saturated carbocycles. The average molecular weight is 499 g/mol. The second kappa shape index (κ2) is 9.43. The van der Waals surface area contributed by atoms with Crippen molar-refractivity contribution in [3.8, 4) is 11.5 Å². The molecule has 0 fully saturated rings. The van der Waals surface area contributed by atoms with E-state index in [9.17, 15) is 13.2 Å². The summed E-state index contributed by atoms with van der Waals surface area (Å²) in [6.07, 6.45) is 3.76. The highest BCUT2D eigenvalue weighted by Crippen LogP contribution is 2.31. The van der Waals surface area contributed by atoms with Gasteiger partial charge in [-0.25, -0.2) is 18.1 Å². The van der Waals surface area contributed by atoms with Crippen LogP contribution in [0, 0.1) is 0 Å². The van der Waals surface area contributed by atoms with Crippen molar-refractivity contribution in [3.63, 3.8) is 0 Å². The molecule has 35 heavy (non-hydrogen) atoms. The van der Waals surface area contributed by atoms with E-state index in [0.29, 0.717) is 17.2 Å². The van der Waals surface area contributed by atoms with E-state index in [1.807, 2.05) is 35.0 Å². The largest absolute Gasteiger partial charge is 0.493 e. The maximum absolute atomic E-state index is 12.7. The van der Waals surface area contributed by atoms with Crippen LogP contribution in [0.15, 0.2) is 70.4 Å². The highest BCUT2D eigenvalue weighted by atomic mass is 32.2. The number of sulfonamides is 1. The topological polar surface area (TPSA) is 124 Å². The van der Waals surface area contributed by atoms with E-state index in [2.05, 4.69) is 15.0 Å². The number of rotatable bonds is 8. The summed E-state index contributed by atoms with van der Waals surface area (Å²) in [5, 5.41) is 2.34. The summed E-state index contributed by atoms with van der Waals surface area (Å²) < 4.78 is 45.8. The number of nitrogens with one attached hydrogen (secondary N) is 2. The minimum atomic E-state index is -3.90. The van der Waals surface area contributed by atoms with E-state index in [1.54, 1.807) is 39.0 Å². The number of amides is 1. The molecule has 184 valence electrons. The van der Waals surface area contributed by atoms with E-state index in [-0.39, 0.29) is 17.5 Å². The fraction of sp³-hybridized carbons (Fsp3) is 0.250. The second-order valence-corrected chi connectivity index (χ2v) is 10.4. The molecular formula is C24H26N4O6S. The van der Waals surface area contributed by atoms with Crippen LogP contribution in [0.25, 0.3) is 5.65 Å². The van der Waals surface area contributed by atoms with Gasteiger partial charge in [0.1, 0.15) is 12.3 Å². The van der Waals surface area contributed by atoms with Crippen molar-refractivity contribution in [2.75, 3.05) is 12.4 Å². The molecule has 0 unspecified atom stereocenters. The molecule has 10 nitrogen and oxygen atoms in total. The Hall–Kier alpha value is -3.83. The van der Waals surface area contributed by atoms with Gasteiger partial charge in [0.05, 0.1) is 12.8 Å². The van der Waals surface area contributed by atoms with Crippen molar-refractivity contribution in [1.82, 2.24) is 14.1 Å². The van der Waals surface area contributed by atoms with Gasteiger partial charge in [0.2, 0.25) is 5.09 Å². The number of hydrogen-bond acceptors (Lipinski definition) is 7. The summed E-state index contributed by atoms with van der Waals surface area (Å²) in [6, 6.07) is 13.1. The molecule has 0 spiro atoms. The second-order valence-electron chi connectivity index (χ2n) is 8.78. The zero-order valence-corrected chi connectivity index (χ0v) is 20.5. The molecule has 4 rings (SSSR count). The predicted octanol–water partition coefficient (Wildman–Crippen LogP) is 3.84. The number of imidazole rings is 1. The summed E-state index contributed by atoms with van der Waals surface area (Å²) in [7, 11) is -2.39. The molecule has 11 heteroatoms. The van der Waals surface area contributed by atoms with E-state index in [0.717, 1.165) is 11.3 Å². The summed E-state index contributed by atoms with van der Waals surface area (Å²) in [5.41, 5.74) is 1.24. The number of furan rings is 1.